The van der Waals surface area contributed by atoms with Gasteiger partial charge in [0.05, 0.1) is 0 Å². The van der Waals surface area contributed by atoms with Crippen molar-refractivity contribution in [2.24, 2.45) is 0 Å². The molecule has 0 aliphatic heterocycles. The van der Waals surface area contributed by atoms with Crippen LogP contribution >= 0.6 is 0 Å². The van der Waals surface area contributed by atoms with Crippen LogP contribution in [0.15, 0.2) is 77.7 Å². The number of halogens is 1. The molecule has 0 spiro atoms. The van der Waals surface area contributed by atoms with Gasteiger partial charge in [0.25, 0.3) is 0 Å². The highest BCUT2D eigenvalue weighted by atomic mass is 19.1. The molecule has 4 rings (SSSR count). The second kappa shape index (κ2) is 7.97. The molecule has 0 aliphatic rings. The summed E-state index contributed by atoms with van der Waals surface area (Å²) >= 11 is 0. The summed E-state index contributed by atoms with van der Waals surface area (Å²) in [6.45, 7) is 0.143. The van der Waals surface area contributed by atoms with Gasteiger partial charge in [-0.05, 0) is 54.1 Å². The van der Waals surface area contributed by atoms with Crippen LogP contribution in [0.25, 0.3) is 5.65 Å². The van der Waals surface area contributed by atoms with Crippen molar-refractivity contribution in [1.29, 1.82) is 0 Å². The Morgan fingerprint density at radius 1 is 1.00 bits per heavy atom. The number of hydrogen-bond acceptors (Lipinski definition) is 4. The van der Waals surface area contributed by atoms with E-state index in [0.29, 0.717) is 23.7 Å². The number of aromatic nitrogens is 3. The molecule has 2 aromatic heterocycles. The first-order valence-corrected chi connectivity index (χ1v) is 8.92. The summed E-state index contributed by atoms with van der Waals surface area (Å²) in [5.74, 6) is 0.491. The maximum Gasteiger partial charge on any atom is 0.350 e. The molecule has 8 heteroatoms. The Bertz CT molecular complexity index is 1200. The summed E-state index contributed by atoms with van der Waals surface area (Å²) in [5, 5.41) is 6.89. The van der Waals surface area contributed by atoms with E-state index in [9.17, 15) is 14.0 Å². The van der Waals surface area contributed by atoms with Gasteiger partial charge in [-0.2, -0.15) is 0 Å². The van der Waals surface area contributed by atoms with Crippen molar-refractivity contribution < 1.29 is 13.9 Å². The smallest absolute Gasteiger partial charge is 0.350 e. The van der Waals surface area contributed by atoms with E-state index in [1.54, 1.807) is 48.7 Å². The number of ether oxygens (including phenoxy) is 1. The average molecular weight is 392 g/mol. The number of rotatable bonds is 6. The summed E-state index contributed by atoms with van der Waals surface area (Å²) in [5.41, 5.74) is 0.993. The van der Waals surface area contributed by atoms with Crippen LogP contribution in [0, 0.1) is 5.82 Å². The predicted octanol–water partition coefficient (Wildman–Crippen LogP) is 2.74. The zero-order valence-corrected chi connectivity index (χ0v) is 15.3. The van der Waals surface area contributed by atoms with Gasteiger partial charge in [0.15, 0.2) is 5.65 Å². The minimum Gasteiger partial charge on any atom is -0.457 e. The molecular formula is C21H17FN4O3. The average Bonchev–Trinajstić information content (AvgIpc) is 3.05. The maximum absolute atomic E-state index is 12.9. The lowest BCUT2D eigenvalue weighted by Crippen LogP contribution is -2.32. The second-order valence-corrected chi connectivity index (χ2v) is 6.35. The standard InChI is InChI=1S/C21H17FN4O3/c22-16-6-10-18(11-7-16)29-17-8-4-15(5-9-17)13-23-20(27)14-26-21(28)25-12-2-1-3-19(25)24-26/h1-12H,13-14H2,(H,23,27). The summed E-state index contributed by atoms with van der Waals surface area (Å²) in [7, 11) is 0. The number of nitrogens with one attached hydrogen (secondary N) is 1. The van der Waals surface area contributed by atoms with Gasteiger partial charge in [-0.25, -0.2) is 13.9 Å². The van der Waals surface area contributed by atoms with E-state index < -0.39 is 0 Å². The molecule has 0 saturated carbocycles. The highest BCUT2D eigenvalue weighted by molar-refractivity contribution is 5.75. The molecule has 4 aromatic rings. The lowest BCUT2D eigenvalue weighted by Gasteiger charge is -2.08. The topological polar surface area (TPSA) is 77.6 Å². The van der Waals surface area contributed by atoms with Crippen LogP contribution in [0.1, 0.15) is 5.56 Å². The third-order valence-corrected chi connectivity index (χ3v) is 4.24. The normalized spacial score (nSPS) is 10.8. The van der Waals surface area contributed by atoms with Gasteiger partial charge in [-0.1, -0.05) is 18.2 Å². The lowest BCUT2D eigenvalue weighted by atomic mass is 10.2. The molecule has 0 unspecified atom stereocenters. The molecule has 7 nitrogen and oxygen atoms in total. The zero-order valence-electron chi connectivity index (χ0n) is 15.3. The lowest BCUT2D eigenvalue weighted by molar-refractivity contribution is -0.122. The Kier molecular flexibility index (Phi) is 5.07. The van der Waals surface area contributed by atoms with E-state index in [2.05, 4.69) is 10.4 Å². The van der Waals surface area contributed by atoms with Crippen LogP contribution < -0.4 is 15.7 Å². The third kappa shape index (κ3) is 4.32. The van der Waals surface area contributed by atoms with E-state index in [-0.39, 0.29) is 24.0 Å². The molecule has 29 heavy (non-hydrogen) atoms. The monoisotopic (exact) mass is 392 g/mol. The van der Waals surface area contributed by atoms with Crippen molar-refractivity contribution in [2.75, 3.05) is 0 Å². The molecule has 1 amide bonds. The predicted molar refractivity (Wildman–Crippen MR) is 104 cm³/mol. The van der Waals surface area contributed by atoms with E-state index in [0.717, 1.165) is 10.2 Å². The third-order valence-electron chi connectivity index (χ3n) is 4.24. The van der Waals surface area contributed by atoms with Gasteiger partial charge in [0.2, 0.25) is 5.91 Å². The van der Waals surface area contributed by atoms with Crippen LogP contribution in [-0.2, 0) is 17.9 Å². The van der Waals surface area contributed by atoms with Crippen molar-refractivity contribution in [3.8, 4) is 11.5 Å². The molecule has 0 bridgehead atoms. The highest BCUT2D eigenvalue weighted by Crippen LogP contribution is 2.21. The SMILES string of the molecule is O=C(Cn1nc2ccccn2c1=O)NCc1ccc(Oc2ccc(F)cc2)cc1. The fourth-order valence-corrected chi connectivity index (χ4v) is 2.78. The number of benzene rings is 2. The van der Waals surface area contributed by atoms with Crippen LogP contribution in [0.2, 0.25) is 0 Å². The number of carbonyl (C=O) groups is 1. The quantitative estimate of drug-likeness (QED) is 0.547. The van der Waals surface area contributed by atoms with Crippen molar-refractivity contribution in [1.82, 2.24) is 19.5 Å². The number of carbonyl (C=O) groups excluding carboxylic acids is 1. The summed E-state index contributed by atoms with van der Waals surface area (Å²) in [6.07, 6.45) is 1.61. The molecule has 2 heterocycles. The molecule has 0 saturated heterocycles. The van der Waals surface area contributed by atoms with Crippen molar-refractivity contribution >= 4 is 11.6 Å². The first kappa shape index (κ1) is 18.4. The minimum atomic E-state index is -0.363. The van der Waals surface area contributed by atoms with Gasteiger partial charge < -0.3 is 10.1 Å². The minimum absolute atomic E-state index is 0.160. The van der Waals surface area contributed by atoms with Crippen molar-refractivity contribution in [2.45, 2.75) is 13.1 Å². The Morgan fingerprint density at radius 3 is 2.38 bits per heavy atom. The fraction of sp³-hybridized carbons (Fsp3) is 0.0952. The Balaban J connectivity index is 1.33. The van der Waals surface area contributed by atoms with Crippen LogP contribution in [-0.4, -0.2) is 20.1 Å². The van der Waals surface area contributed by atoms with Crippen LogP contribution in [0.3, 0.4) is 0 Å². The van der Waals surface area contributed by atoms with Crippen LogP contribution in [0.5, 0.6) is 11.5 Å². The molecule has 1 N–H and O–H groups in total. The van der Waals surface area contributed by atoms with Gasteiger partial charge in [0.1, 0.15) is 23.9 Å². The molecule has 146 valence electrons. The number of amides is 1. The first-order chi connectivity index (χ1) is 14.1. The first-order valence-electron chi connectivity index (χ1n) is 8.92. The molecule has 0 atom stereocenters. The van der Waals surface area contributed by atoms with Gasteiger partial charge >= 0.3 is 5.69 Å². The van der Waals surface area contributed by atoms with Crippen molar-refractivity contribution in [3.63, 3.8) is 0 Å². The number of fused-ring (bicyclic) bond motifs is 1. The summed E-state index contributed by atoms with van der Waals surface area (Å²) in [4.78, 5) is 24.4. The Labute approximate surface area is 165 Å². The number of hydrogen-bond donors (Lipinski definition) is 1. The fourth-order valence-electron chi connectivity index (χ4n) is 2.78. The maximum atomic E-state index is 12.9. The van der Waals surface area contributed by atoms with E-state index in [1.165, 1.54) is 16.5 Å². The van der Waals surface area contributed by atoms with Crippen molar-refractivity contribution in [3.05, 3.63) is 94.8 Å². The highest BCUT2D eigenvalue weighted by Gasteiger charge is 2.10. The zero-order chi connectivity index (χ0) is 20.2. The number of pyridine rings is 1. The van der Waals surface area contributed by atoms with E-state index in [4.69, 9.17) is 4.74 Å². The van der Waals surface area contributed by atoms with Gasteiger partial charge in [-0.15, -0.1) is 5.10 Å². The molecule has 0 aliphatic carbocycles. The van der Waals surface area contributed by atoms with Gasteiger partial charge in [-0.3, -0.25) is 9.20 Å². The molecule has 0 fully saturated rings. The molecule has 0 radical (unpaired) electrons. The summed E-state index contributed by atoms with van der Waals surface area (Å²) < 4.78 is 21.1. The Hall–Kier alpha value is -3.94. The van der Waals surface area contributed by atoms with Crippen LogP contribution in [0.4, 0.5) is 4.39 Å². The number of nitrogens with zero attached hydrogens (tertiary/aromatic N) is 3. The van der Waals surface area contributed by atoms with E-state index >= 15 is 0 Å². The molecular weight excluding hydrogens is 375 g/mol. The van der Waals surface area contributed by atoms with E-state index in [1.807, 2.05) is 12.1 Å². The van der Waals surface area contributed by atoms with Gasteiger partial charge in [0, 0.05) is 12.7 Å². The summed E-state index contributed by atoms with van der Waals surface area (Å²) in [6, 6.07) is 18.1. The Morgan fingerprint density at radius 2 is 1.69 bits per heavy atom. The molecule has 2 aromatic carbocycles. The second-order valence-electron chi connectivity index (χ2n) is 6.35. The largest absolute Gasteiger partial charge is 0.457 e.